The first-order valence-corrected chi connectivity index (χ1v) is 6.78. The van der Waals surface area contributed by atoms with Crippen LogP contribution >= 0.6 is 0 Å². The third kappa shape index (κ3) is 2.27. The molecule has 2 heterocycles. The van der Waals surface area contributed by atoms with Gasteiger partial charge in [0.25, 0.3) is 5.91 Å². The second-order valence-electron chi connectivity index (χ2n) is 4.37. The van der Waals surface area contributed by atoms with Crippen molar-refractivity contribution in [3.63, 3.8) is 0 Å². The van der Waals surface area contributed by atoms with Crippen molar-refractivity contribution in [1.82, 2.24) is 5.32 Å². The fourth-order valence-corrected chi connectivity index (χ4v) is 3.94. The predicted molar refractivity (Wildman–Crippen MR) is 57.9 cm³/mol. The molecule has 0 saturated carbocycles. The highest BCUT2D eigenvalue weighted by Gasteiger charge is 2.39. The molecule has 0 aromatic carbocycles. The zero-order valence-electron chi connectivity index (χ0n) is 8.89. The first-order chi connectivity index (χ1) is 7.40. The second-order valence-corrected chi connectivity index (χ2v) is 6.55. The number of hydrogen-bond acceptors (Lipinski definition) is 4. The molecule has 0 unspecified atom stereocenters. The van der Waals surface area contributed by atoms with Crippen molar-refractivity contribution in [2.24, 2.45) is 0 Å². The average molecular weight is 243 g/mol. The molecule has 88 valence electrons. The van der Waals surface area contributed by atoms with Crippen LogP contribution in [0.1, 0.15) is 23.7 Å². The van der Waals surface area contributed by atoms with Crippen LogP contribution in [0.4, 0.5) is 0 Å². The number of carbonyl (C=O) groups is 1. The summed E-state index contributed by atoms with van der Waals surface area (Å²) in [5.74, 6) is -0.160. The molecule has 1 saturated heterocycles. The van der Waals surface area contributed by atoms with Gasteiger partial charge in [-0.3, -0.25) is 4.79 Å². The van der Waals surface area contributed by atoms with E-state index in [2.05, 4.69) is 5.32 Å². The van der Waals surface area contributed by atoms with Crippen LogP contribution in [0.3, 0.4) is 0 Å². The van der Waals surface area contributed by atoms with E-state index in [-0.39, 0.29) is 17.4 Å². The number of nitrogens with one attached hydrogen (secondary N) is 1. The Morgan fingerprint density at radius 2 is 2.31 bits per heavy atom. The van der Waals surface area contributed by atoms with Gasteiger partial charge in [0, 0.05) is 0 Å². The Morgan fingerprint density at radius 1 is 1.56 bits per heavy atom. The van der Waals surface area contributed by atoms with Gasteiger partial charge in [-0.25, -0.2) is 8.42 Å². The fourth-order valence-electron chi connectivity index (χ4n) is 1.85. The molecule has 0 spiro atoms. The lowest BCUT2D eigenvalue weighted by molar-refractivity contribution is 0.0915. The highest BCUT2D eigenvalue weighted by atomic mass is 32.2. The van der Waals surface area contributed by atoms with E-state index in [9.17, 15) is 13.2 Å². The fraction of sp³-hybridized carbons (Fsp3) is 0.500. The van der Waals surface area contributed by atoms with Gasteiger partial charge in [-0.2, -0.15) is 0 Å². The first kappa shape index (κ1) is 11.2. The molecule has 6 heteroatoms. The number of furan rings is 1. The van der Waals surface area contributed by atoms with Crippen LogP contribution in [0.2, 0.25) is 0 Å². The Kier molecular flexibility index (Phi) is 2.53. The zero-order chi connectivity index (χ0) is 11.8. The van der Waals surface area contributed by atoms with Gasteiger partial charge in [0.1, 0.15) is 6.26 Å². The van der Waals surface area contributed by atoms with E-state index in [0.717, 1.165) is 0 Å². The van der Waals surface area contributed by atoms with E-state index in [0.29, 0.717) is 12.0 Å². The van der Waals surface area contributed by atoms with Gasteiger partial charge >= 0.3 is 0 Å². The van der Waals surface area contributed by atoms with Crippen LogP contribution in [0.5, 0.6) is 0 Å². The molecular formula is C10H13NO4S. The largest absolute Gasteiger partial charge is 0.472 e. The molecule has 1 amide bonds. The third-order valence-corrected chi connectivity index (χ3v) is 4.61. The first-order valence-electron chi connectivity index (χ1n) is 4.95. The van der Waals surface area contributed by atoms with E-state index in [1.807, 2.05) is 0 Å². The van der Waals surface area contributed by atoms with E-state index in [1.165, 1.54) is 12.5 Å². The Labute approximate surface area is 93.7 Å². The maximum atomic E-state index is 11.7. The maximum absolute atomic E-state index is 11.7. The van der Waals surface area contributed by atoms with Crippen LogP contribution in [0.25, 0.3) is 0 Å². The highest BCUT2D eigenvalue weighted by Crippen LogP contribution is 2.23. The number of amides is 1. The summed E-state index contributed by atoms with van der Waals surface area (Å²) >= 11 is 0. The third-order valence-electron chi connectivity index (χ3n) is 2.70. The minimum Gasteiger partial charge on any atom is -0.472 e. The molecule has 0 radical (unpaired) electrons. The smallest absolute Gasteiger partial charge is 0.254 e. The molecule has 0 aliphatic carbocycles. The lowest BCUT2D eigenvalue weighted by Gasteiger charge is -2.23. The lowest BCUT2D eigenvalue weighted by atomic mass is 10.0. The minimum absolute atomic E-state index is 0.00356. The van der Waals surface area contributed by atoms with Gasteiger partial charge in [-0.1, -0.05) is 0 Å². The number of hydrogen-bond donors (Lipinski definition) is 1. The van der Waals surface area contributed by atoms with Crippen LogP contribution in [0.15, 0.2) is 23.0 Å². The van der Waals surface area contributed by atoms with E-state index >= 15 is 0 Å². The van der Waals surface area contributed by atoms with Gasteiger partial charge in [0.15, 0.2) is 9.84 Å². The van der Waals surface area contributed by atoms with Gasteiger partial charge in [-0.05, 0) is 19.4 Å². The summed E-state index contributed by atoms with van der Waals surface area (Å²) in [5, 5.41) is 2.74. The normalized spacial score (nSPS) is 27.8. The molecule has 16 heavy (non-hydrogen) atoms. The van der Waals surface area contributed by atoms with Crippen LogP contribution in [-0.2, 0) is 9.84 Å². The standard InChI is InChI=1S/C10H13NO4S/c1-10(3-5-16(13,14)7-10)11-9(12)8-2-4-15-6-8/h2,4,6H,3,5,7H2,1H3,(H,11,12)/t10-/m1/s1. The molecular weight excluding hydrogens is 230 g/mol. The number of rotatable bonds is 2. The summed E-state index contributed by atoms with van der Waals surface area (Å²) in [6, 6.07) is 1.54. The van der Waals surface area contributed by atoms with Crippen molar-refractivity contribution in [1.29, 1.82) is 0 Å². The summed E-state index contributed by atoms with van der Waals surface area (Å²) in [4.78, 5) is 11.7. The summed E-state index contributed by atoms with van der Waals surface area (Å²) in [6.07, 6.45) is 3.20. The Morgan fingerprint density at radius 3 is 2.81 bits per heavy atom. The van der Waals surface area contributed by atoms with Crippen LogP contribution < -0.4 is 5.32 Å². The van der Waals surface area contributed by atoms with Crippen molar-refractivity contribution in [2.45, 2.75) is 18.9 Å². The van der Waals surface area contributed by atoms with E-state index in [4.69, 9.17) is 4.42 Å². The zero-order valence-corrected chi connectivity index (χ0v) is 9.71. The Balaban J connectivity index is 2.09. The SMILES string of the molecule is C[C@@]1(NC(=O)c2ccoc2)CCS(=O)(=O)C1. The molecule has 1 atom stereocenters. The van der Waals surface area contributed by atoms with Crippen molar-refractivity contribution >= 4 is 15.7 Å². The van der Waals surface area contributed by atoms with Crippen molar-refractivity contribution in [3.8, 4) is 0 Å². The molecule has 2 rings (SSSR count). The van der Waals surface area contributed by atoms with Gasteiger partial charge in [0.05, 0.1) is 28.9 Å². The molecule has 1 aliphatic heterocycles. The summed E-state index contributed by atoms with van der Waals surface area (Å²) < 4.78 is 27.5. The minimum atomic E-state index is -3.01. The van der Waals surface area contributed by atoms with Gasteiger partial charge in [-0.15, -0.1) is 0 Å². The maximum Gasteiger partial charge on any atom is 0.254 e. The summed E-state index contributed by atoms with van der Waals surface area (Å²) in [6.45, 7) is 1.75. The molecule has 0 bridgehead atoms. The molecule has 1 aliphatic rings. The van der Waals surface area contributed by atoms with E-state index < -0.39 is 15.4 Å². The molecule has 1 aromatic heterocycles. The van der Waals surface area contributed by atoms with Gasteiger partial charge < -0.3 is 9.73 Å². The summed E-state index contributed by atoms with van der Waals surface area (Å²) in [5.41, 5.74) is -0.252. The van der Waals surface area contributed by atoms with Crippen molar-refractivity contribution < 1.29 is 17.6 Å². The number of sulfone groups is 1. The topological polar surface area (TPSA) is 76.4 Å². The van der Waals surface area contributed by atoms with Crippen molar-refractivity contribution in [3.05, 3.63) is 24.2 Å². The molecule has 1 aromatic rings. The highest BCUT2D eigenvalue weighted by molar-refractivity contribution is 7.91. The quantitative estimate of drug-likeness (QED) is 0.824. The average Bonchev–Trinajstić information content (AvgIpc) is 2.73. The number of carbonyl (C=O) groups excluding carboxylic acids is 1. The Bertz CT molecular complexity index is 491. The molecule has 1 N–H and O–H groups in total. The van der Waals surface area contributed by atoms with Crippen LogP contribution in [-0.4, -0.2) is 31.4 Å². The lowest BCUT2D eigenvalue weighted by Crippen LogP contribution is -2.46. The van der Waals surface area contributed by atoms with Gasteiger partial charge in [0.2, 0.25) is 0 Å². The van der Waals surface area contributed by atoms with E-state index in [1.54, 1.807) is 13.0 Å². The summed E-state index contributed by atoms with van der Waals surface area (Å²) in [7, 11) is -3.01. The second kappa shape index (κ2) is 3.62. The molecule has 5 nitrogen and oxygen atoms in total. The monoisotopic (exact) mass is 243 g/mol. The van der Waals surface area contributed by atoms with Crippen molar-refractivity contribution in [2.75, 3.05) is 11.5 Å². The predicted octanol–water partition coefficient (Wildman–Crippen LogP) is 0.587. The Hall–Kier alpha value is -1.30. The molecule has 1 fully saturated rings. The van der Waals surface area contributed by atoms with Crippen LogP contribution in [0, 0.1) is 0 Å².